The van der Waals surface area contributed by atoms with Crippen LogP contribution in [0.15, 0.2) is 0 Å². The molecule has 0 aliphatic carbocycles. The molecule has 25 heavy (non-hydrogen) atoms. The fraction of sp³-hybridized carbons (Fsp3) is 0.923. The van der Waals surface area contributed by atoms with Gasteiger partial charge in [-0.3, -0.25) is 0 Å². The molecule has 19 N–H and O–H groups in total. The van der Waals surface area contributed by atoms with Gasteiger partial charge in [0.15, 0.2) is 0 Å². The Labute approximate surface area is 170 Å². The van der Waals surface area contributed by atoms with Crippen LogP contribution in [-0.2, 0) is 26.8 Å². The summed E-state index contributed by atoms with van der Waals surface area (Å²) in [5.41, 5.74) is 0. The molecule has 0 saturated carbocycles. The molecule has 0 spiro atoms. The Bertz CT molecular complexity index is 51.5. The third-order valence-electron chi connectivity index (χ3n) is 0.0373. The van der Waals surface area contributed by atoms with E-state index in [1.807, 2.05) is 41.5 Å². The normalized spacial score (nSPS) is 1.56. The van der Waals surface area contributed by atoms with Gasteiger partial charge in [-0.1, -0.05) is 86.1 Å². The minimum atomic E-state index is 0. The van der Waals surface area contributed by atoms with Crippen molar-refractivity contribution in [2.45, 2.75) is 86.1 Å². The second-order valence-corrected chi connectivity index (χ2v) is 0.175. The maximum absolute atomic E-state index is 8.58. The number of rotatable bonds is 1. The Morgan fingerprint density at radius 1 is 0.560 bits per heavy atom. The molecule has 0 aromatic rings. The summed E-state index contributed by atoms with van der Waals surface area (Å²) in [7, 11) is 0. The number of hydrogen-bond acceptors (Lipinski definition) is 5. The number of hydrogen-bond donors (Lipinski definition) is 3. The molecule has 11 nitrogen and oxygen atoms in total. The first-order chi connectivity index (χ1) is 4.91. The molecule has 0 saturated heterocycles. The van der Waals surface area contributed by atoms with Crippen LogP contribution >= 0.6 is 0 Å². The first-order valence-electron chi connectivity index (χ1n) is 3.59. The quantitative estimate of drug-likeness (QED) is 0.235. The predicted octanol–water partition coefficient (Wildman–Crippen LogP) is 1.81. The first-order valence-corrected chi connectivity index (χ1v) is 3.59. The van der Waals surface area contributed by atoms with Gasteiger partial charge in [0.2, 0.25) is 0 Å². The van der Waals surface area contributed by atoms with Crippen LogP contribution in [0.25, 0.3) is 0 Å². The van der Waals surface area contributed by atoms with Crippen molar-refractivity contribution < 1.29 is 64.9 Å². The van der Waals surface area contributed by atoms with Crippen molar-refractivity contribution in [3.63, 3.8) is 0 Å². The van der Waals surface area contributed by atoms with Gasteiger partial charge < -0.3 is 54.8 Å². The zero-order valence-electron chi connectivity index (χ0n) is 12.6. The van der Waals surface area contributed by atoms with Crippen LogP contribution in [0.4, 0.5) is 0 Å². The van der Waals surface area contributed by atoms with E-state index in [9.17, 15) is 0 Å². The average Bonchev–Trinajstić information content (AvgIpc) is 2.14. The summed E-state index contributed by atoms with van der Waals surface area (Å²) in [6.45, 7) is 12.7. The van der Waals surface area contributed by atoms with E-state index in [1.54, 1.807) is 0 Å². The summed E-state index contributed by atoms with van der Waals surface area (Å²) in [5.74, 6) is 0. The maximum atomic E-state index is 8.58. The van der Waals surface area contributed by atoms with E-state index in [4.69, 9.17) is 10.1 Å². The molecule has 0 bridgehead atoms. The molecule has 1 radical (unpaired) electrons. The predicted molar refractivity (Wildman–Crippen MR) is 116 cm³/mol. The smallest absolute Gasteiger partial charge is 0 e. The van der Waals surface area contributed by atoms with Gasteiger partial charge in [-0.15, -0.1) is 0 Å². The van der Waals surface area contributed by atoms with Gasteiger partial charge in [0.25, 0.3) is 0 Å². The van der Waals surface area contributed by atoms with Crippen LogP contribution in [0.1, 0.15) is 86.1 Å². The molecule has 0 heterocycles. The van der Waals surface area contributed by atoms with Crippen molar-refractivity contribution in [2.75, 3.05) is 0 Å². The van der Waals surface area contributed by atoms with Gasteiger partial charge in [-0.05, 0) is 6.47 Å². The summed E-state index contributed by atoms with van der Waals surface area (Å²) >= 11 is 0. The summed E-state index contributed by atoms with van der Waals surface area (Å²) in [6, 6.07) is 0. The van der Waals surface area contributed by atoms with Gasteiger partial charge in [0, 0.05) is 17.1 Å². The summed E-state index contributed by atoms with van der Waals surface area (Å²) < 4.78 is 0. The van der Waals surface area contributed by atoms with Gasteiger partial charge in [-0.25, -0.2) is 5.26 Å². The monoisotopic (exact) mass is 444 g/mol. The van der Waals surface area contributed by atoms with Crippen molar-refractivity contribution in [3.8, 4) is 0 Å². The topological polar surface area (TPSA) is 306 Å². The van der Waals surface area contributed by atoms with Gasteiger partial charge >= 0.3 is 0 Å². The van der Waals surface area contributed by atoms with E-state index in [0.717, 1.165) is 6.47 Å². The largest absolute Gasteiger partial charge is 0.509 e. The van der Waals surface area contributed by atoms with Gasteiger partial charge in [0.1, 0.15) is 0 Å². The molecule has 0 atom stereocenters. The minimum Gasteiger partial charge on any atom is -0.509 e. The van der Waals surface area contributed by atoms with Crippen LogP contribution in [0.3, 0.4) is 0 Å². The van der Waals surface area contributed by atoms with Crippen molar-refractivity contribution in [2.24, 2.45) is 0 Å². The molecular formula is C13H61MnN2O9-. The fourth-order valence-corrected chi connectivity index (χ4v) is 0. The van der Waals surface area contributed by atoms with Crippen molar-refractivity contribution in [1.82, 2.24) is 12.3 Å². The maximum Gasteiger partial charge on any atom is 0 e. The van der Waals surface area contributed by atoms with Crippen LogP contribution < -0.4 is 12.3 Å². The number of carbonyl (C=O) groups excluding carboxylic acids is 1. The molecule has 0 rings (SSSR count). The molecule has 0 unspecified atom stereocenters. The first kappa shape index (κ1) is 434. The molecule has 0 aromatic carbocycles. The van der Waals surface area contributed by atoms with E-state index >= 15 is 0 Å². The summed E-state index contributed by atoms with van der Waals surface area (Å²) in [5, 5.41) is 6.95. The van der Waals surface area contributed by atoms with E-state index < -0.39 is 0 Å². The molecule has 0 fully saturated rings. The molecule has 0 aliphatic rings. The van der Waals surface area contributed by atoms with Crippen LogP contribution in [0, 0.1) is 0 Å². The fourth-order valence-electron chi connectivity index (χ4n) is 0. The molecule has 185 valence electrons. The Hall–Kier alpha value is -0.371. The van der Waals surface area contributed by atoms with Gasteiger partial charge in [0.05, 0.1) is 0 Å². The van der Waals surface area contributed by atoms with E-state index in [2.05, 4.69) is 4.89 Å². The standard InChI is InChI=1S/3C2H6.CHO3.6CH4.Mn.2H3N.6H2O/c3*1-2;2-1-4-3;;;;;;;;;;;;;;;/h3*1-2H3;3H;6*1H4;;2*1H3;6*1H2/q;;;-1;;;;;;;;;;;;;;;. The van der Waals surface area contributed by atoms with Crippen LogP contribution in [0.5, 0.6) is 0 Å². The van der Waals surface area contributed by atoms with Crippen molar-refractivity contribution in [3.05, 3.63) is 0 Å². The molecule has 0 aliphatic heterocycles. The Kier molecular flexibility index (Phi) is 79100. The van der Waals surface area contributed by atoms with Crippen molar-refractivity contribution >= 4 is 6.47 Å². The second-order valence-electron chi connectivity index (χ2n) is 0.175. The zero-order valence-corrected chi connectivity index (χ0v) is 13.7. The summed E-state index contributed by atoms with van der Waals surface area (Å²) in [4.78, 5) is 11.3. The zero-order chi connectivity index (χ0) is 9.41. The molecular weight excluding hydrogens is 383 g/mol. The third-order valence-corrected chi connectivity index (χ3v) is 0.0373. The van der Waals surface area contributed by atoms with Crippen LogP contribution in [-0.4, -0.2) is 44.6 Å². The Balaban J connectivity index is -0.000000000965. The van der Waals surface area contributed by atoms with Crippen molar-refractivity contribution in [1.29, 1.82) is 0 Å². The summed E-state index contributed by atoms with van der Waals surface area (Å²) in [6.07, 6.45) is 0. The van der Waals surface area contributed by atoms with E-state index in [-0.39, 0.29) is 107 Å². The molecule has 12 heteroatoms. The van der Waals surface area contributed by atoms with Gasteiger partial charge in [-0.2, -0.15) is 0 Å². The molecule has 0 aromatic heterocycles. The third kappa shape index (κ3) is 27900. The SMILES string of the molecule is C.C.C.C.C.C.CC.CC.CC.N.N.O.O.O.O.O.O.O=[C-]OO.[Mn]. The second kappa shape index (κ2) is 4560. The van der Waals surface area contributed by atoms with E-state index in [0.29, 0.717) is 0 Å². The van der Waals surface area contributed by atoms with Crippen LogP contribution in [0.2, 0.25) is 0 Å². The Morgan fingerprint density at radius 2 is 0.600 bits per heavy atom. The molecule has 0 amide bonds. The Morgan fingerprint density at radius 3 is 0.600 bits per heavy atom. The average molecular weight is 445 g/mol. The minimum absolute atomic E-state index is 0. The van der Waals surface area contributed by atoms with E-state index in [1.165, 1.54) is 0 Å².